The Kier molecular flexibility index (Phi) is 3.10. The molecule has 2 aromatic rings. The monoisotopic (exact) mass is 250 g/mol. The average Bonchev–Trinajstić information content (AvgIpc) is 2.53. The third-order valence-corrected chi connectivity index (χ3v) is 3.23. The highest BCUT2D eigenvalue weighted by Gasteiger charge is 2.23. The van der Waals surface area contributed by atoms with E-state index in [2.05, 4.69) is 48.5 Å². The molecule has 17 heavy (non-hydrogen) atoms. The molecule has 0 unspecified atom stereocenters. The van der Waals surface area contributed by atoms with Gasteiger partial charge in [0, 0.05) is 7.11 Å². The number of rotatable bonds is 3. The molecule has 4 heteroatoms. The van der Waals surface area contributed by atoms with Crippen LogP contribution in [0.3, 0.4) is 0 Å². The van der Waals surface area contributed by atoms with Crippen molar-refractivity contribution >= 4 is 23.3 Å². The first-order valence-electron chi connectivity index (χ1n) is 5.66. The minimum Gasteiger partial charge on any atom is -0.382 e. The summed E-state index contributed by atoms with van der Waals surface area (Å²) in [6.45, 7) is 6.95. The second kappa shape index (κ2) is 4.27. The van der Waals surface area contributed by atoms with E-state index in [-0.39, 0.29) is 5.54 Å². The molecule has 0 saturated carbocycles. The summed E-state index contributed by atoms with van der Waals surface area (Å²) in [5.41, 5.74) is 3.28. The number of imidazole rings is 1. The van der Waals surface area contributed by atoms with Crippen molar-refractivity contribution < 1.29 is 4.74 Å². The Bertz CT molecular complexity index is 595. The molecule has 0 spiro atoms. The van der Waals surface area contributed by atoms with Gasteiger partial charge in [-0.1, -0.05) is 6.07 Å². The lowest BCUT2D eigenvalue weighted by atomic mass is 10.1. The van der Waals surface area contributed by atoms with Crippen LogP contribution in [0, 0.1) is 11.7 Å². The number of aromatic amines is 1. The second-order valence-corrected chi connectivity index (χ2v) is 5.42. The molecule has 0 saturated heterocycles. The van der Waals surface area contributed by atoms with E-state index in [4.69, 9.17) is 17.0 Å². The van der Waals surface area contributed by atoms with Crippen molar-refractivity contribution in [3.63, 3.8) is 0 Å². The fraction of sp³-hybridized carbons (Fsp3) is 0.462. The fourth-order valence-electron chi connectivity index (χ4n) is 2.24. The number of ether oxygens (including phenoxy) is 1. The third kappa shape index (κ3) is 2.15. The maximum Gasteiger partial charge on any atom is 0.178 e. The summed E-state index contributed by atoms with van der Waals surface area (Å²) in [5.74, 6) is 0. The molecule has 1 heterocycles. The van der Waals surface area contributed by atoms with Crippen LogP contribution in [0.1, 0.15) is 19.4 Å². The molecule has 1 aromatic heterocycles. The van der Waals surface area contributed by atoms with Crippen LogP contribution < -0.4 is 0 Å². The summed E-state index contributed by atoms with van der Waals surface area (Å²) in [7, 11) is 1.71. The van der Waals surface area contributed by atoms with E-state index in [9.17, 15) is 0 Å². The van der Waals surface area contributed by atoms with Crippen LogP contribution in [0.4, 0.5) is 0 Å². The van der Waals surface area contributed by atoms with Gasteiger partial charge in [0.2, 0.25) is 0 Å². The molecule has 1 N–H and O–H groups in total. The van der Waals surface area contributed by atoms with Crippen LogP contribution in [0.25, 0.3) is 11.0 Å². The Morgan fingerprint density at radius 1 is 1.41 bits per heavy atom. The van der Waals surface area contributed by atoms with E-state index in [0.717, 1.165) is 15.8 Å². The van der Waals surface area contributed by atoms with Gasteiger partial charge >= 0.3 is 0 Å². The number of hydrogen-bond acceptors (Lipinski definition) is 2. The van der Waals surface area contributed by atoms with Crippen LogP contribution in [0.15, 0.2) is 18.2 Å². The largest absolute Gasteiger partial charge is 0.382 e. The van der Waals surface area contributed by atoms with E-state index < -0.39 is 0 Å². The van der Waals surface area contributed by atoms with Gasteiger partial charge in [0.25, 0.3) is 0 Å². The number of aromatic nitrogens is 2. The number of nitrogens with one attached hydrogen (secondary N) is 1. The smallest absolute Gasteiger partial charge is 0.178 e. The number of aryl methyl sites for hydroxylation is 1. The van der Waals surface area contributed by atoms with E-state index in [1.807, 2.05) is 0 Å². The molecular weight excluding hydrogens is 232 g/mol. The third-order valence-electron chi connectivity index (χ3n) is 2.94. The van der Waals surface area contributed by atoms with Crippen molar-refractivity contribution in [2.45, 2.75) is 26.3 Å². The van der Waals surface area contributed by atoms with Crippen LogP contribution >= 0.6 is 12.2 Å². The molecule has 92 valence electrons. The molecule has 1 aromatic carbocycles. The van der Waals surface area contributed by atoms with Gasteiger partial charge in [0.1, 0.15) is 0 Å². The average molecular weight is 250 g/mol. The quantitative estimate of drug-likeness (QED) is 0.846. The summed E-state index contributed by atoms with van der Waals surface area (Å²) in [6, 6.07) is 6.32. The Morgan fingerprint density at radius 2 is 2.12 bits per heavy atom. The van der Waals surface area contributed by atoms with Crippen LogP contribution in [-0.2, 0) is 10.3 Å². The molecule has 2 rings (SSSR count). The molecule has 0 aliphatic heterocycles. The van der Waals surface area contributed by atoms with E-state index in [1.54, 1.807) is 7.11 Å². The SMILES string of the molecule is COCC(C)(C)n1c(=S)[nH]c2cc(C)ccc21. The fourth-order valence-corrected chi connectivity index (χ4v) is 2.70. The van der Waals surface area contributed by atoms with Gasteiger partial charge < -0.3 is 14.3 Å². The first kappa shape index (κ1) is 12.3. The number of fused-ring (bicyclic) bond motifs is 1. The molecule has 0 aliphatic rings. The van der Waals surface area contributed by atoms with Gasteiger partial charge in [-0.15, -0.1) is 0 Å². The molecule has 0 aliphatic carbocycles. The van der Waals surface area contributed by atoms with Crippen molar-refractivity contribution in [1.29, 1.82) is 0 Å². The molecule has 0 amide bonds. The first-order valence-corrected chi connectivity index (χ1v) is 6.07. The maximum atomic E-state index is 5.41. The van der Waals surface area contributed by atoms with Gasteiger partial charge in [-0.2, -0.15) is 0 Å². The lowest BCUT2D eigenvalue weighted by molar-refractivity contribution is 0.111. The molecular formula is C13H18N2OS. The van der Waals surface area contributed by atoms with Gasteiger partial charge in [0.15, 0.2) is 4.77 Å². The molecule has 0 atom stereocenters. The van der Waals surface area contributed by atoms with Crippen molar-refractivity contribution in [3.8, 4) is 0 Å². The van der Waals surface area contributed by atoms with Crippen LogP contribution in [-0.4, -0.2) is 23.3 Å². The summed E-state index contributed by atoms with van der Waals surface area (Å²) >= 11 is 5.41. The van der Waals surface area contributed by atoms with Gasteiger partial charge in [-0.05, 0) is 50.7 Å². The summed E-state index contributed by atoms with van der Waals surface area (Å²) in [4.78, 5) is 3.25. The van der Waals surface area contributed by atoms with Gasteiger partial charge in [-0.25, -0.2) is 0 Å². The second-order valence-electron chi connectivity index (χ2n) is 5.03. The Labute approximate surface area is 106 Å². The lowest BCUT2D eigenvalue weighted by Gasteiger charge is -2.26. The zero-order chi connectivity index (χ0) is 12.6. The predicted octanol–water partition coefficient (Wildman–Crippen LogP) is 3.39. The summed E-state index contributed by atoms with van der Waals surface area (Å²) in [5, 5.41) is 0. The normalized spacial score (nSPS) is 12.2. The highest BCUT2D eigenvalue weighted by Crippen LogP contribution is 2.24. The van der Waals surface area contributed by atoms with Crippen molar-refractivity contribution in [2.24, 2.45) is 0 Å². The number of benzene rings is 1. The number of nitrogens with zero attached hydrogens (tertiary/aromatic N) is 1. The van der Waals surface area contributed by atoms with Crippen LogP contribution in [0.2, 0.25) is 0 Å². The van der Waals surface area contributed by atoms with Crippen molar-refractivity contribution in [3.05, 3.63) is 28.5 Å². The molecule has 0 fully saturated rings. The summed E-state index contributed by atoms with van der Waals surface area (Å²) in [6.07, 6.45) is 0. The highest BCUT2D eigenvalue weighted by atomic mass is 32.1. The first-order chi connectivity index (χ1) is 7.95. The van der Waals surface area contributed by atoms with E-state index in [1.165, 1.54) is 5.56 Å². The lowest BCUT2D eigenvalue weighted by Crippen LogP contribution is -2.31. The number of H-pyrrole nitrogens is 1. The van der Waals surface area contributed by atoms with Gasteiger partial charge in [0.05, 0.1) is 23.2 Å². The topological polar surface area (TPSA) is 29.9 Å². The van der Waals surface area contributed by atoms with Crippen LogP contribution in [0.5, 0.6) is 0 Å². The maximum absolute atomic E-state index is 5.41. The summed E-state index contributed by atoms with van der Waals surface area (Å²) < 4.78 is 8.15. The van der Waals surface area contributed by atoms with Gasteiger partial charge in [-0.3, -0.25) is 0 Å². The number of methoxy groups -OCH3 is 1. The molecule has 0 radical (unpaired) electrons. The zero-order valence-electron chi connectivity index (χ0n) is 10.7. The Hall–Kier alpha value is -1.13. The Morgan fingerprint density at radius 3 is 2.76 bits per heavy atom. The zero-order valence-corrected chi connectivity index (χ0v) is 11.5. The minimum atomic E-state index is -0.153. The molecule has 3 nitrogen and oxygen atoms in total. The minimum absolute atomic E-state index is 0.153. The van der Waals surface area contributed by atoms with Crippen molar-refractivity contribution in [1.82, 2.24) is 9.55 Å². The van der Waals surface area contributed by atoms with Crippen molar-refractivity contribution in [2.75, 3.05) is 13.7 Å². The van der Waals surface area contributed by atoms with E-state index >= 15 is 0 Å². The predicted molar refractivity (Wildman–Crippen MR) is 73.1 cm³/mol. The van der Waals surface area contributed by atoms with E-state index in [0.29, 0.717) is 6.61 Å². The Balaban J connectivity index is 2.69. The number of hydrogen-bond donors (Lipinski definition) is 1. The standard InChI is InChI=1S/C13H18N2OS/c1-9-5-6-11-10(7-9)14-12(17)15(11)13(2,3)8-16-4/h5-7H,8H2,1-4H3,(H,14,17). The highest BCUT2D eigenvalue weighted by molar-refractivity contribution is 7.71. The molecule has 0 bridgehead atoms.